The van der Waals surface area contributed by atoms with Crippen LogP contribution in [0.15, 0.2) is 63.6 Å². The molecule has 1 unspecified atom stereocenters. The predicted molar refractivity (Wildman–Crippen MR) is 120 cm³/mol. The molecule has 3 heterocycles. The topological polar surface area (TPSA) is 54.2 Å². The summed E-state index contributed by atoms with van der Waals surface area (Å²) < 4.78 is 7.11. The Balaban J connectivity index is 1.44. The molecule has 2 aromatic heterocycles. The van der Waals surface area contributed by atoms with Gasteiger partial charge in [-0.25, -0.2) is 9.97 Å². The van der Waals surface area contributed by atoms with E-state index in [1.807, 2.05) is 31.3 Å². The molecule has 0 aliphatic carbocycles. The number of aromatic nitrogens is 2. The van der Waals surface area contributed by atoms with Gasteiger partial charge in [-0.15, -0.1) is 0 Å². The summed E-state index contributed by atoms with van der Waals surface area (Å²) in [6, 6.07) is 16.7. The van der Waals surface area contributed by atoms with Crippen molar-refractivity contribution in [3.05, 3.63) is 70.6 Å². The van der Waals surface area contributed by atoms with Crippen molar-refractivity contribution in [3.8, 4) is 11.3 Å². The van der Waals surface area contributed by atoms with Gasteiger partial charge in [0, 0.05) is 46.5 Å². The molecule has 5 rings (SSSR count). The average molecular weight is 449 g/mol. The highest BCUT2D eigenvalue weighted by Crippen LogP contribution is 2.35. The molecule has 0 saturated heterocycles. The van der Waals surface area contributed by atoms with Gasteiger partial charge in [0.25, 0.3) is 0 Å². The number of hydrogen-bond donors (Lipinski definition) is 1. The molecule has 6 heteroatoms. The Morgan fingerprint density at radius 2 is 1.97 bits per heavy atom. The van der Waals surface area contributed by atoms with Crippen molar-refractivity contribution in [1.29, 1.82) is 0 Å². The van der Waals surface area contributed by atoms with Gasteiger partial charge in [-0.2, -0.15) is 0 Å². The maximum Gasteiger partial charge on any atom is 0.137 e. The molecule has 146 valence electrons. The van der Waals surface area contributed by atoms with E-state index >= 15 is 0 Å². The Morgan fingerprint density at radius 1 is 1.14 bits per heavy atom. The van der Waals surface area contributed by atoms with E-state index in [0.717, 1.165) is 62.6 Å². The van der Waals surface area contributed by atoms with E-state index in [4.69, 9.17) is 4.42 Å². The molecule has 4 aromatic rings. The van der Waals surface area contributed by atoms with Crippen LogP contribution in [0.3, 0.4) is 0 Å². The zero-order valence-electron chi connectivity index (χ0n) is 16.3. The molecule has 0 saturated carbocycles. The zero-order chi connectivity index (χ0) is 20.0. The van der Waals surface area contributed by atoms with Crippen LogP contribution in [-0.2, 0) is 0 Å². The minimum absolute atomic E-state index is 0.192. The fraction of sp³-hybridized carbons (Fsp3) is 0.217. The van der Waals surface area contributed by atoms with Crippen LogP contribution in [-0.4, -0.2) is 23.6 Å². The Morgan fingerprint density at radius 3 is 2.79 bits per heavy atom. The summed E-state index contributed by atoms with van der Waals surface area (Å²) in [5, 5.41) is 4.76. The van der Waals surface area contributed by atoms with Crippen LogP contribution >= 0.6 is 15.9 Å². The molecule has 1 aliphatic heterocycles. The summed E-state index contributed by atoms with van der Waals surface area (Å²) in [4.78, 5) is 11.3. The summed E-state index contributed by atoms with van der Waals surface area (Å²) in [5.41, 5.74) is 4.17. The number of aryl methyl sites for hydroxylation is 1. The maximum atomic E-state index is 6.05. The Hall–Kier alpha value is -2.86. The first-order valence-corrected chi connectivity index (χ1v) is 10.5. The number of nitrogens with zero attached hydrogens (tertiary/aromatic N) is 3. The van der Waals surface area contributed by atoms with Crippen molar-refractivity contribution < 1.29 is 4.42 Å². The molecular formula is C23H21BrN4O. The van der Waals surface area contributed by atoms with Gasteiger partial charge in [-0.1, -0.05) is 28.1 Å². The average Bonchev–Trinajstić information content (AvgIpc) is 3.14. The highest BCUT2D eigenvalue weighted by Gasteiger charge is 2.25. The standard InChI is InChI=1S/C23H21BrN4O/c1-14-25-13-19-20(9-10-28(2)23(19)26-14)27-18-7-8-21-16(11-18)12-22(29-21)15-3-5-17(24)6-4-15/h3-8,11-13,20,27H,9-10H2,1-2H3. The molecule has 1 N–H and O–H groups in total. The number of hydrogen-bond acceptors (Lipinski definition) is 5. The Kier molecular flexibility index (Phi) is 4.51. The van der Waals surface area contributed by atoms with Crippen molar-refractivity contribution >= 4 is 38.4 Å². The predicted octanol–water partition coefficient (Wildman–Crippen LogP) is 5.95. The van der Waals surface area contributed by atoms with E-state index in [9.17, 15) is 0 Å². The molecule has 5 nitrogen and oxygen atoms in total. The summed E-state index contributed by atoms with van der Waals surface area (Å²) in [7, 11) is 2.09. The minimum Gasteiger partial charge on any atom is -0.456 e. The van der Waals surface area contributed by atoms with Gasteiger partial charge in [0.15, 0.2) is 0 Å². The van der Waals surface area contributed by atoms with Gasteiger partial charge in [0.1, 0.15) is 23.0 Å². The lowest BCUT2D eigenvalue weighted by Gasteiger charge is -2.32. The summed E-state index contributed by atoms with van der Waals surface area (Å²) in [6.45, 7) is 2.89. The Labute approximate surface area is 177 Å². The summed E-state index contributed by atoms with van der Waals surface area (Å²) >= 11 is 3.48. The normalized spacial score (nSPS) is 16.1. The molecule has 0 bridgehead atoms. The van der Waals surface area contributed by atoms with E-state index in [1.165, 1.54) is 0 Å². The second-order valence-corrected chi connectivity index (χ2v) is 8.39. The molecular weight excluding hydrogens is 428 g/mol. The van der Waals surface area contributed by atoms with Crippen LogP contribution in [0, 0.1) is 6.92 Å². The van der Waals surface area contributed by atoms with E-state index < -0.39 is 0 Å². The number of rotatable bonds is 3. The number of halogens is 1. The number of nitrogens with one attached hydrogen (secondary N) is 1. The number of furan rings is 1. The molecule has 1 aliphatic rings. The Bertz CT molecular complexity index is 1190. The van der Waals surface area contributed by atoms with Crippen molar-refractivity contribution in [2.45, 2.75) is 19.4 Å². The number of fused-ring (bicyclic) bond motifs is 2. The number of anilines is 2. The van der Waals surface area contributed by atoms with Gasteiger partial charge in [0.05, 0.1) is 6.04 Å². The van der Waals surface area contributed by atoms with Crippen LogP contribution in [0.5, 0.6) is 0 Å². The molecule has 0 radical (unpaired) electrons. The van der Waals surface area contributed by atoms with Crippen LogP contribution in [0.4, 0.5) is 11.5 Å². The molecule has 2 aromatic carbocycles. The van der Waals surface area contributed by atoms with Gasteiger partial charge in [0.2, 0.25) is 0 Å². The van der Waals surface area contributed by atoms with Crippen molar-refractivity contribution in [2.24, 2.45) is 0 Å². The smallest absolute Gasteiger partial charge is 0.137 e. The lowest BCUT2D eigenvalue weighted by atomic mass is 10.0. The van der Waals surface area contributed by atoms with Crippen LogP contribution in [0.25, 0.3) is 22.3 Å². The molecule has 0 spiro atoms. The first kappa shape index (κ1) is 18.2. The van der Waals surface area contributed by atoms with Gasteiger partial charge < -0.3 is 14.6 Å². The summed E-state index contributed by atoms with van der Waals surface area (Å²) in [5.74, 6) is 2.69. The lowest BCUT2D eigenvalue weighted by molar-refractivity contribution is 0.630. The molecule has 0 fully saturated rings. The zero-order valence-corrected chi connectivity index (χ0v) is 17.9. The van der Waals surface area contributed by atoms with Crippen molar-refractivity contribution in [2.75, 3.05) is 23.8 Å². The van der Waals surface area contributed by atoms with Crippen LogP contribution < -0.4 is 10.2 Å². The fourth-order valence-corrected chi connectivity index (χ4v) is 4.11. The van der Waals surface area contributed by atoms with Crippen molar-refractivity contribution in [3.63, 3.8) is 0 Å². The second kappa shape index (κ2) is 7.19. The van der Waals surface area contributed by atoms with Gasteiger partial charge in [-0.05, 0) is 49.7 Å². The second-order valence-electron chi connectivity index (χ2n) is 7.47. The van der Waals surface area contributed by atoms with Crippen LogP contribution in [0.2, 0.25) is 0 Å². The maximum absolute atomic E-state index is 6.05. The third-order valence-electron chi connectivity index (χ3n) is 5.39. The summed E-state index contributed by atoms with van der Waals surface area (Å²) in [6.07, 6.45) is 2.95. The molecule has 1 atom stereocenters. The largest absolute Gasteiger partial charge is 0.456 e. The van der Waals surface area contributed by atoms with Crippen LogP contribution in [0.1, 0.15) is 23.9 Å². The minimum atomic E-state index is 0.192. The first-order chi connectivity index (χ1) is 14.1. The van der Waals surface area contributed by atoms with Gasteiger partial charge >= 0.3 is 0 Å². The molecule has 0 amide bonds. The lowest BCUT2D eigenvalue weighted by Crippen LogP contribution is -2.31. The fourth-order valence-electron chi connectivity index (χ4n) is 3.84. The number of benzene rings is 2. The SMILES string of the molecule is Cc1ncc2c(n1)N(C)CCC2Nc1ccc2oc(-c3ccc(Br)cc3)cc2c1. The van der Waals surface area contributed by atoms with Crippen molar-refractivity contribution in [1.82, 2.24) is 9.97 Å². The third kappa shape index (κ3) is 3.49. The first-order valence-electron chi connectivity index (χ1n) is 9.67. The van der Waals surface area contributed by atoms with E-state index in [1.54, 1.807) is 0 Å². The third-order valence-corrected chi connectivity index (χ3v) is 5.92. The van der Waals surface area contributed by atoms with E-state index in [0.29, 0.717) is 0 Å². The highest BCUT2D eigenvalue weighted by atomic mass is 79.9. The van der Waals surface area contributed by atoms with E-state index in [-0.39, 0.29) is 6.04 Å². The highest BCUT2D eigenvalue weighted by molar-refractivity contribution is 9.10. The van der Waals surface area contributed by atoms with E-state index in [2.05, 4.69) is 73.5 Å². The molecule has 29 heavy (non-hydrogen) atoms. The quantitative estimate of drug-likeness (QED) is 0.419. The van der Waals surface area contributed by atoms with Gasteiger partial charge in [-0.3, -0.25) is 0 Å². The monoisotopic (exact) mass is 448 g/mol.